The van der Waals surface area contributed by atoms with E-state index in [9.17, 15) is 4.79 Å². The van der Waals surface area contributed by atoms with Crippen LogP contribution in [0.2, 0.25) is 0 Å². The Morgan fingerprint density at radius 1 is 1.60 bits per heavy atom. The van der Waals surface area contributed by atoms with E-state index in [-0.39, 0.29) is 6.04 Å². The third kappa shape index (κ3) is 3.16. The van der Waals surface area contributed by atoms with Crippen molar-refractivity contribution in [3.05, 3.63) is 35.4 Å². The van der Waals surface area contributed by atoms with Crippen LogP contribution in [0.1, 0.15) is 30.0 Å². The van der Waals surface area contributed by atoms with E-state index in [4.69, 9.17) is 9.52 Å². The van der Waals surface area contributed by atoms with E-state index in [2.05, 4.69) is 5.32 Å². The number of nitrogens with one attached hydrogen (secondary N) is 1. The van der Waals surface area contributed by atoms with Gasteiger partial charge in [0, 0.05) is 17.8 Å². The Labute approximate surface area is 88.6 Å². The maximum Gasteiger partial charge on any atom is 0.329 e. The molecule has 0 radical (unpaired) electrons. The maximum absolute atomic E-state index is 10.2. The van der Waals surface area contributed by atoms with Crippen LogP contribution in [0, 0.1) is 13.8 Å². The molecule has 2 N–H and O–H groups in total. The number of hydrogen-bond acceptors (Lipinski definition) is 3. The summed E-state index contributed by atoms with van der Waals surface area (Å²) in [6.07, 6.45) is 2.49. The molecule has 1 rings (SSSR count). The molecule has 0 bridgehead atoms. The predicted octanol–water partition coefficient (Wildman–Crippen LogP) is 2.15. The van der Waals surface area contributed by atoms with Gasteiger partial charge in [-0.2, -0.15) is 0 Å². The molecule has 0 amide bonds. The van der Waals surface area contributed by atoms with Gasteiger partial charge in [0.15, 0.2) is 0 Å². The number of rotatable bonds is 4. The Kier molecular flexibility index (Phi) is 3.55. The third-order valence-electron chi connectivity index (χ3n) is 2.12. The first-order chi connectivity index (χ1) is 7.00. The molecule has 0 aliphatic rings. The molecule has 0 fully saturated rings. The Bertz CT molecular complexity index is 379. The van der Waals surface area contributed by atoms with E-state index in [1.165, 1.54) is 6.20 Å². The first-order valence-corrected chi connectivity index (χ1v) is 4.73. The Morgan fingerprint density at radius 2 is 2.27 bits per heavy atom. The molecule has 0 aliphatic carbocycles. The van der Waals surface area contributed by atoms with Crippen LogP contribution in [0.4, 0.5) is 0 Å². The summed E-state index contributed by atoms with van der Waals surface area (Å²) in [4.78, 5) is 10.2. The van der Waals surface area contributed by atoms with Crippen molar-refractivity contribution < 1.29 is 14.3 Å². The summed E-state index contributed by atoms with van der Waals surface area (Å²) in [6.45, 7) is 5.72. The average Bonchev–Trinajstić information content (AvgIpc) is 2.44. The summed E-state index contributed by atoms with van der Waals surface area (Å²) in [5.41, 5.74) is 1.04. The van der Waals surface area contributed by atoms with Crippen molar-refractivity contribution in [1.29, 1.82) is 0 Å². The molecule has 1 aromatic heterocycles. The van der Waals surface area contributed by atoms with Gasteiger partial charge in [0.05, 0.1) is 6.04 Å². The van der Waals surface area contributed by atoms with E-state index >= 15 is 0 Å². The molecule has 0 saturated carbocycles. The highest BCUT2D eigenvalue weighted by atomic mass is 16.4. The van der Waals surface area contributed by atoms with Gasteiger partial charge in [-0.15, -0.1) is 0 Å². The number of aryl methyl sites for hydroxylation is 2. The smallest absolute Gasteiger partial charge is 0.329 e. The highest BCUT2D eigenvalue weighted by molar-refractivity contribution is 5.79. The zero-order valence-corrected chi connectivity index (χ0v) is 9.07. The summed E-state index contributed by atoms with van der Waals surface area (Å²) < 4.78 is 5.38. The lowest BCUT2D eigenvalue weighted by Gasteiger charge is -2.09. The van der Waals surface area contributed by atoms with Crippen molar-refractivity contribution in [2.75, 3.05) is 0 Å². The minimum absolute atomic E-state index is 0.0399. The van der Waals surface area contributed by atoms with E-state index in [1.54, 1.807) is 0 Å². The third-order valence-corrected chi connectivity index (χ3v) is 2.12. The zero-order valence-electron chi connectivity index (χ0n) is 9.07. The highest BCUT2D eigenvalue weighted by Gasteiger charge is 2.10. The number of carbonyl (C=O) groups is 1. The van der Waals surface area contributed by atoms with Gasteiger partial charge in [-0.1, -0.05) is 0 Å². The number of aliphatic carboxylic acids is 1. The van der Waals surface area contributed by atoms with E-state index < -0.39 is 5.97 Å². The van der Waals surface area contributed by atoms with Crippen LogP contribution in [0.3, 0.4) is 0 Å². The number of furan rings is 1. The predicted molar refractivity (Wildman–Crippen MR) is 56.5 cm³/mol. The fourth-order valence-corrected chi connectivity index (χ4v) is 1.43. The molecule has 1 unspecified atom stereocenters. The maximum atomic E-state index is 10.2. The average molecular weight is 209 g/mol. The number of hydrogen-bond donors (Lipinski definition) is 2. The van der Waals surface area contributed by atoms with Crippen LogP contribution in [0.25, 0.3) is 0 Å². The van der Waals surface area contributed by atoms with Crippen LogP contribution in [-0.2, 0) is 4.79 Å². The SMILES string of the molecule is Cc1cc(C(C)N/C=C/C(=O)O)c(C)o1. The van der Waals surface area contributed by atoms with Gasteiger partial charge in [-0.25, -0.2) is 4.79 Å². The zero-order chi connectivity index (χ0) is 11.4. The lowest BCUT2D eigenvalue weighted by Crippen LogP contribution is -2.12. The highest BCUT2D eigenvalue weighted by Crippen LogP contribution is 2.20. The lowest BCUT2D eigenvalue weighted by atomic mass is 10.1. The molecule has 0 spiro atoms. The van der Waals surface area contributed by atoms with Crippen molar-refractivity contribution in [2.45, 2.75) is 26.8 Å². The second-order valence-corrected chi connectivity index (χ2v) is 3.43. The molecular weight excluding hydrogens is 194 g/mol. The van der Waals surface area contributed by atoms with Crippen molar-refractivity contribution in [3.8, 4) is 0 Å². The molecule has 4 heteroatoms. The van der Waals surface area contributed by atoms with Gasteiger partial charge >= 0.3 is 5.97 Å². The molecule has 82 valence electrons. The van der Waals surface area contributed by atoms with Crippen LogP contribution < -0.4 is 5.32 Å². The molecule has 1 heterocycles. The van der Waals surface area contributed by atoms with E-state index in [1.807, 2.05) is 26.8 Å². The second-order valence-electron chi connectivity index (χ2n) is 3.43. The second kappa shape index (κ2) is 4.68. The molecule has 1 aromatic rings. The normalized spacial score (nSPS) is 13.0. The fraction of sp³-hybridized carbons (Fsp3) is 0.364. The number of carboxylic acids is 1. The van der Waals surface area contributed by atoms with Crippen LogP contribution in [0.5, 0.6) is 0 Å². The van der Waals surface area contributed by atoms with E-state index in [0.717, 1.165) is 23.2 Å². The Hall–Kier alpha value is -1.71. The summed E-state index contributed by atoms with van der Waals surface area (Å²) in [5, 5.41) is 11.4. The number of carboxylic acid groups (broad SMARTS) is 1. The largest absolute Gasteiger partial charge is 0.478 e. The molecule has 4 nitrogen and oxygen atoms in total. The summed E-state index contributed by atoms with van der Waals surface area (Å²) in [7, 11) is 0. The van der Waals surface area contributed by atoms with E-state index in [0.29, 0.717) is 0 Å². The van der Waals surface area contributed by atoms with Crippen molar-refractivity contribution in [3.63, 3.8) is 0 Å². The molecule has 0 saturated heterocycles. The van der Waals surface area contributed by atoms with Gasteiger partial charge in [-0.05, 0) is 26.8 Å². The standard InChI is InChI=1S/C11H15NO3/c1-7-6-10(9(3)15-7)8(2)12-5-4-11(13)14/h4-6,8,12H,1-3H3,(H,13,14)/b5-4+. The summed E-state index contributed by atoms with van der Waals surface area (Å²) in [6, 6.07) is 1.99. The minimum atomic E-state index is -0.963. The van der Waals surface area contributed by atoms with Crippen molar-refractivity contribution in [2.24, 2.45) is 0 Å². The quantitative estimate of drug-likeness (QED) is 0.746. The minimum Gasteiger partial charge on any atom is -0.478 e. The van der Waals surface area contributed by atoms with Crippen LogP contribution in [0.15, 0.2) is 22.8 Å². The molecule has 1 atom stereocenters. The van der Waals surface area contributed by atoms with Crippen molar-refractivity contribution >= 4 is 5.97 Å². The first kappa shape index (κ1) is 11.4. The first-order valence-electron chi connectivity index (χ1n) is 4.73. The van der Waals surface area contributed by atoms with Gasteiger partial charge < -0.3 is 14.8 Å². The summed E-state index contributed by atoms with van der Waals surface area (Å²) >= 11 is 0. The van der Waals surface area contributed by atoms with Crippen LogP contribution in [-0.4, -0.2) is 11.1 Å². The van der Waals surface area contributed by atoms with Gasteiger partial charge in [0.2, 0.25) is 0 Å². The molecular formula is C11H15NO3. The lowest BCUT2D eigenvalue weighted by molar-refractivity contribution is -0.131. The fourth-order valence-electron chi connectivity index (χ4n) is 1.43. The van der Waals surface area contributed by atoms with Gasteiger partial charge in [0.25, 0.3) is 0 Å². The Morgan fingerprint density at radius 3 is 2.73 bits per heavy atom. The summed E-state index contributed by atoms with van der Waals surface area (Å²) in [5.74, 6) is 0.754. The Balaban J connectivity index is 2.65. The monoisotopic (exact) mass is 209 g/mol. The van der Waals surface area contributed by atoms with Gasteiger partial charge in [0.1, 0.15) is 11.5 Å². The molecule has 0 aromatic carbocycles. The van der Waals surface area contributed by atoms with Crippen molar-refractivity contribution in [1.82, 2.24) is 5.32 Å². The molecule has 0 aliphatic heterocycles. The van der Waals surface area contributed by atoms with Crippen LogP contribution >= 0.6 is 0 Å². The van der Waals surface area contributed by atoms with Gasteiger partial charge in [-0.3, -0.25) is 0 Å². The molecule has 15 heavy (non-hydrogen) atoms. The topological polar surface area (TPSA) is 62.5 Å².